The predicted octanol–water partition coefficient (Wildman–Crippen LogP) is 2.58. The van der Waals surface area contributed by atoms with Crippen molar-refractivity contribution < 1.29 is 4.74 Å². The molecule has 2 saturated heterocycles. The number of methoxy groups -OCH3 is 1. The van der Waals surface area contributed by atoms with Crippen LogP contribution in [0.15, 0.2) is 33.9 Å². The van der Waals surface area contributed by atoms with Crippen LogP contribution in [0.4, 0.5) is 0 Å². The third-order valence-electron chi connectivity index (χ3n) is 6.78. The van der Waals surface area contributed by atoms with Crippen molar-refractivity contribution >= 4 is 11.8 Å². The van der Waals surface area contributed by atoms with Gasteiger partial charge in [-0.2, -0.15) is 16.7 Å². The van der Waals surface area contributed by atoms with E-state index in [9.17, 15) is 9.59 Å². The van der Waals surface area contributed by atoms with Crippen molar-refractivity contribution in [2.24, 2.45) is 7.05 Å². The molecule has 8 heteroatoms. The van der Waals surface area contributed by atoms with Gasteiger partial charge in [0.05, 0.1) is 7.11 Å². The van der Waals surface area contributed by atoms with E-state index < -0.39 is 5.69 Å². The van der Waals surface area contributed by atoms with E-state index in [0.29, 0.717) is 29.7 Å². The fourth-order valence-electron chi connectivity index (χ4n) is 4.94. The Balaban J connectivity index is 1.28. The average molecular weight is 445 g/mol. The third-order valence-corrected chi connectivity index (χ3v) is 8.13. The quantitative estimate of drug-likeness (QED) is 0.623. The number of nitrogens with zero attached hydrogens (tertiary/aromatic N) is 4. The molecule has 168 valence electrons. The van der Waals surface area contributed by atoms with Crippen LogP contribution in [0.5, 0.6) is 5.75 Å². The first-order valence-electron chi connectivity index (χ1n) is 11.1. The van der Waals surface area contributed by atoms with Crippen LogP contribution in [-0.2, 0) is 19.3 Å². The minimum Gasteiger partial charge on any atom is -0.497 e. The summed E-state index contributed by atoms with van der Waals surface area (Å²) in [5.74, 6) is 2.40. The zero-order chi connectivity index (χ0) is 22.0. The lowest BCUT2D eigenvalue weighted by molar-refractivity contribution is 0.140. The van der Waals surface area contributed by atoms with Crippen molar-refractivity contribution in [3.8, 4) is 5.75 Å². The summed E-state index contributed by atoms with van der Waals surface area (Å²) in [7, 11) is 3.36. The van der Waals surface area contributed by atoms with Gasteiger partial charge in [0.25, 0.3) is 0 Å². The summed E-state index contributed by atoms with van der Waals surface area (Å²) in [5.41, 5.74) is 0.644. The molecule has 0 aliphatic carbocycles. The molecule has 7 nitrogen and oxygen atoms in total. The van der Waals surface area contributed by atoms with Gasteiger partial charge in [-0.25, -0.2) is 14.2 Å². The van der Waals surface area contributed by atoms with Crippen molar-refractivity contribution in [1.29, 1.82) is 0 Å². The summed E-state index contributed by atoms with van der Waals surface area (Å²) in [6.45, 7) is 3.06. The number of hydrogen-bond donors (Lipinski definition) is 0. The second-order valence-electron chi connectivity index (χ2n) is 8.66. The van der Waals surface area contributed by atoms with Crippen LogP contribution in [0, 0.1) is 6.92 Å². The van der Waals surface area contributed by atoms with Crippen LogP contribution in [0.25, 0.3) is 0 Å². The maximum Gasteiger partial charge on any atom is 0.353 e. The van der Waals surface area contributed by atoms with Crippen molar-refractivity contribution in [2.75, 3.05) is 13.7 Å². The summed E-state index contributed by atoms with van der Waals surface area (Å²) in [6, 6.07) is 9.63. The van der Waals surface area contributed by atoms with Gasteiger partial charge in [-0.1, -0.05) is 12.1 Å². The molecule has 2 atom stereocenters. The van der Waals surface area contributed by atoms with Crippen molar-refractivity contribution in [3.63, 3.8) is 0 Å². The number of rotatable bonds is 8. The van der Waals surface area contributed by atoms with Gasteiger partial charge >= 0.3 is 11.4 Å². The summed E-state index contributed by atoms with van der Waals surface area (Å²) in [6.07, 6.45) is 5.78. The van der Waals surface area contributed by atoms with E-state index in [1.54, 1.807) is 21.1 Å². The Morgan fingerprint density at radius 1 is 1.10 bits per heavy atom. The standard InChI is InChI=1S/C23H32N4O3S/c1-16-24-22(28)27(23(29)25(16)2)12-4-11-26-18-7-8-19(26)14-21(13-18)31-15-17-5-9-20(30-3)10-6-17/h5-6,9-10,18-19,21H,4,7-8,11-15H2,1-3H3. The molecule has 3 heterocycles. The minimum atomic E-state index is -0.433. The highest BCUT2D eigenvalue weighted by atomic mass is 32.2. The molecular formula is C23H32N4O3S. The molecule has 1 aromatic carbocycles. The van der Waals surface area contributed by atoms with Gasteiger partial charge in [0, 0.05) is 43.2 Å². The Morgan fingerprint density at radius 3 is 2.42 bits per heavy atom. The maximum absolute atomic E-state index is 12.4. The van der Waals surface area contributed by atoms with Gasteiger partial charge in [0.15, 0.2) is 0 Å². The molecule has 2 fully saturated rings. The second-order valence-corrected chi connectivity index (χ2v) is 9.95. The van der Waals surface area contributed by atoms with E-state index in [1.807, 2.05) is 12.1 Å². The van der Waals surface area contributed by atoms with E-state index in [-0.39, 0.29) is 5.69 Å². The highest BCUT2D eigenvalue weighted by molar-refractivity contribution is 7.99. The van der Waals surface area contributed by atoms with Crippen LogP contribution in [-0.4, -0.2) is 50.0 Å². The normalized spacial score (nSPS) is 23.3. The minimum absolute atomic E-state index is 0.269. The lowest BCUT2D eigenvalue weighted by Gasteiger charge is -2.38. The van der Waals surface area contributed by atoms with Crippen LogP contribution in [0.3, 0.4) is 0 Å². The molecule has 0 radical (unpaired) electrons. The molecule has 0 amide bonds. The fraction of sp³-hybridized carbons (Fsp3) is 0.609. The number of benzene rings is 1. The van der Waals surface area contributed by atoms with E-state index >= 15 is 0 Å². The van der Waals surface area contributed by atoms with Crippen molar-refractivity contribution in [1.82, 2.24) is 19.0 Å². The Morgan fingerprint density at radius 2 is 1.77 bits per heavy atom. The van der Waals surface area contributed by atoms with Gasteiger partial charge < -0.3 is 4.74 Å². The lowest BCUT2D eigenvalue weighted by Crippen LogP contribution is -2.45. The number of ether oxygens (including phenoxy) is 1. The van der Waals surface area contributed by atoms with E-state index in [2.05, 4.69) is 33.8 Å². The largest absolute Gasteiger partial charge is 0.497 e. The Bertz CT molecular complexity index is 1000. The highest BCUT2D eigenvalue weighted by Gasteiger charge is 2.40. The second kappa shape index (κ2) is 9.61. The van der Waals surface area contributed by atoms with Crippen molar-refractivity contribution in [2.45, 2.75) is 68.7 Å². The molecule has 2 bridgehead atoms. The zero-order valence-electron chi connectivity index (χ0n) is 18.6. The number of piperidine rings is 1. The molecule has 31 heavy (non-hydrogen) atoms. The molecule has 0 saturated carbocycles. The van der Waals surface area contributed by atoms with Gasteiger partial charge in [-0.3, -0.25) is 9.47 Å². The molecular weight excluding hydrogens is 412 g/mol. The lowest BCUT2D eigenvalue weighted by atomic mass is 10.0. The number of fused-ring (bicyclic) bond motifs is 2. The Labute approximate surface area is 187 Å². The van der Waals surface area contributed by atoms with Crippen LogP contribution in [0.2, 0.25) is 0 Å². The van der Waals surface area contributed by atoms with Gasteiger partial charge in [-0.05, 0) is 56.7 Å². The summed E-state index contributed by atoms with van der Waals surface area (Å²) in [4.78, 5) is 31.1. The summed E-state index contributed by atoms with van der Waals surface area (Å²) >= 11 is 2.08. The molecule has 4 rings (SSSR count). The van der Waals surface area contributed by atoms with Crippen LogP contribution >= 0.6 is 11.8 Å². The maximum atomic E-state index is 12.4. The summed E-state index contributed by atoms with van der Waals surface area (Å²) in [5, 5.41) is 0.701. The first-order chi connectivity index (χ1) is 15.0. The predicted molar refractivity (Wildman–Crippen MR) is 124 cm³/mol. The van der Waals surface area contributed by atoms with Gasteiger partial charge in [-0.15, -0.1) is 0 Å². The molecule has 1 aromatic heterocycles. The molecule has 2 aromatic rings. The van der Waals surface area contributed by atoms with E-state index in [0.717, 1.165) is 24.5 Å². The molecule has 2 unspecified atom stereocenters. The zero-order valence-corrected chi connectivity index (χ0v) is 19.4. The number of aromatic nitrogens is 3. The topological polar surface area (TPSA) is 69.4 Å². The number of hydrogen-bond acceptors (Lipinski definition) is 6. The molecule has 0 spiro atoms. The van der Waals surface area contributed by atoms with E-state index in [1.165, 1.54) is 40.4 Å². The fourth-order valence-corrected chi connectivity index (χ4v) is 6.28. The highest BCUT2D eigenvalue weighted by Crippen LogP contribution is 2.41. The van der Waals surface area contributed by atoms with E-state index in [4.69, 9.17) is 4.74 Å². The molecule has 2 aliphatic rings. The Kier molecular flexibility index (Phi) is 6.86. The Hall–Kier alpha value is -2.06. The van der Waals surface area contributed by atoms with Crippen LogP contribution in [0.1, 0.15) is 43.5 Å². The molecule has 2 aliphatic heterocycles. The first kappa shape index (κ1) is 22.1. The average Bonchev–Trinajstić information content (AvgIpc) is 3.00. The van der Waals surface area contributed by atoms with Gasteiger partial charge in [0.1, 0.15) is 11.6 Å². The number of thioether (sulfide) groups is 1. The SMILES string of the molecule is COc1ccc(CSC2CC3CCC(C2)N3CCCn2c(=O)nc(C)n(C)c2=O)cc1. The van der Waals surface area contributed by atoms with Crippen molar-refractivity contribution in [3.05, 3.63) is 56.6 Å². The molecule has 0 N–H and O–H groups in total. The number of aryl methyl sites for hydroxylation is 1. The smallest absolute Gasteiger partial charge is 0.353 e. The van der Waals surface area contributed by atoms with Gasteiger partial charge in [0.2, 0.25) is 0 Å². The van der Waals surface area contributed by atoms with Crippen LogP contribution < -0.4 is 16.1 Å². The summed E-state index contributed by atoms with van der Waals surface area (Å²) < 4.78 is 7.95. The first-order valence-corrected chi connectivity index (χ1v) is 12.2. The third kappa shape index (κ3) is 4.90. The monoisotopic (exact) mass is 444 g/mol.